The Labute approximate surface area is 114 Å². The molecule has 106 valence electrons. The van der Waals surface area contributed by atoms with Crippen molar-refractivity contribution in [2.45, 2.75) is 23.8 Å². The Balaban J connectivity index is 2.05. The number of nitrogens with two attached hydrogens (primary N) is 1. The normalized spacial score (nSPS) is 18.4. The highest BCUT2D eigenvalue weighted by Gasteiger charge is 2.23. The van der Waals surface area contributed by atoms with E-state index in [1.165, 1.54) is 0 Å². The van der Waals surface area contributed by atoms with E-state index in [2.05, 4.69) is 15.0 Å². The van der Waals surface area contributed by atoms with Crippen LogP contribution >= 0.6 is 0 Å². The number of nitrogens with zero attached hydrogens (tertiary/aromatic N) is 1. The predicted octanol–water partition coefficient (Wildman–Crippen LogP) is 0.345. The summed E-state index contributed by atoms with van der Waals surface area (Å²) in [4.78, 5) is 2.47. The molecule has 4 N–H and O–H groups in total. The van der Waals surface area contributed by atoms with Gasteiger partial charge in [-0.3, -0.25) is 5.84 Å². The molecule has 1 heterocycles. The fourth-order valence-electron chi connectivity index (χ4n) is 2.14. The first kappa shape index (κ1) is 14.3. The number of hydrazine groups is 1. The van der Waals surface area contributed by atoms with Gasteiger partial charge in [-0.2, -0.15) is 0 Å². The number of nitrogen functional groups attached to an aromatic ring is 1. The smallest absolute Gasteiger partial charge is 0.240 e. The number of anilines is 1. The maximum Gasteiger partial charge on any atom is 0.240 e. The summed E-state index contributed by atoms with van der Waals surface area (Å²) in [5.74, 6) is 5.25. The first-order valence-electron chi connectivity index (χ1n) is 6.29. The number of sulfonamides is 1. The van der Waals surface area contributed by atoms with Crippen LogP contribution in [0, 0.1) is 0 Å². The highest BCUT2D eigenvalue weighted by molar-refractivity contribution is 7.89. The van der Waals surface area contributed by atoms with Crippen LogP contribution in [0.4, 0.5) is 5.69 Å². The molecular formula is C12H20N4O2S. The molecule has 0 aromatic heterocycles. The first-order valence-corrected chi connectivity index (χ1v) is 7.77. The Bertz CT molecular complexity index is 507. The van der Waals surface area contributed by atoms with Crippen molar-refractivity contribution < 1.29 is 8.42 Å². The third-order valence-electron chi connectivity index (χ3n) is 3.37. The first-order chi connectivity index (χ1) is 9.01. The van der Waals surface area contributed by atoms with E-state index in [4.69, 9.17) is 5.84 Å². The largest absolute Gasteiger partial charge is 0.324 e. The van der Waals surface area contributed by atoms with Crippen LogP contribution in [0.25, 0.3) is 0 Å². The molecule has 0 saturated carbocycles. The van der Waals surface area contributed by atoms with Gasteiger partial charge in [-0.05, 0) is 57.2 Å². The lowest BCUT2D eigenvalue weighted by Gasteiger charge is -2.29. The van der Waals surface area contributed by atoms with Crippen LogP contribution in [0.5, 0.6) is 0 Å². The summed E-state index contributed by atoms with van der Waals surface area (Å²) < 4.78 is 27.2. The molecule has 1 aromatic carbocycles. The van der Waals surface area contributed by atoms with Gasteiger partial charge in [0.25, 0.3) is 0 Å². The summed E-state index contributed by atoms with van der Waals surface area (Å²) in [6.45, 7) is 1.84. The summed E-state index contributed by atoms with van der Waals surface area (Å²) >= 11 is 0. The van der Waals surface area contributed by atoms with E-state index in [0.717, 1.165) is 25.9 Å². The Morgan fingerprint density at radius 2 is 1.79 bits per heavy atom. The number of nitrogens with one attached hydrogen (secondary N) is 2. The molecule has 1 fully saturated rings. The van der Waals surface area contributed by atoms with Crippen molar-refractivity contribution >= 4 is 15.7 Å². The van der Waals surface area contributed by atoms with E-state index in [1.54, 1.807) is 24.3 Å². The Hall–Kier alpha value is -1.15. The van der Waals surface area contributed by atoms with E-state index < -0.39 is 10.0 Å². The average Bonchev–Trinajstić information content (AvgIpc) is 2.41. The van der Waals surface area contributed by atoms with E-state index in [0.29, 0.717) is 5.69 Å². The molecule has 0 aliphatic carbocycles. The maximum atomic E-state index is 12.2. The third kappa shape index (κ3) is 3.66. The summed E-state index contributed by atoms with van der Waals surface area (Å²) in [5.41, 5.74) is 3.15. The van der Waals surface area contributed by atoms with Crippen LogP contribution in [-0.2, 0) is 10.0 Å². The van der Waals surface area contributed by atoms with Crippen LogP contribution in [-0.4, -0.2) is 39.5 Å². The van der Waals surface area contributed by atoms with Crippen molar-refractivity contribution in [3.63, 3.8) is 0 Å². The van der Waals surface area contributed by atoms with Crippen molar-refractivity contribution in [2.24, 2.45) is 5.84 Å². The number of benzene rings is 1. The van der Waals surface area contributed by atoms with Gasteiger partial charge in [0.05, 0.1) is 4.90 Å². The number of likely N-dealkylation sites (tertiary alicyclic amines) is 1. The summed E-state index contributed by atoms with van der Waals surface area (Å²) in [7, 11) is -1.39. The predicted molar refractivity (Wildman–Crippen MR) is 75.1 cm³/mol. The standard InChI is InChI=1S/C12H20N4O2S/c1-16-8-6-11(7-9-16)15-19(17,18)12-4-2-10(14-13)3-5-12/h2-5,11,14-15H,6-9,13H2,1H3. The van der Waals surface area contributed by atoms with Gasteiger partial charge in [0.15, 0.2) is 0 Å². The minimum absolute atomic E-state index is 0.0218. The molecule has 0 amide bonds. The number of rotatable bonds is 4. The zero-order chi connectivity index (χ0) is 13.9. The molecule has 2 rings (SSSR count). The van der Waals surface area contributed by atoms with E-state index in [9.17, 15) is 8.42 Å². The van der Waals surface area contributed by atoms with Crippen molar-refractivity contribution in [2.75, 3.05) is 25.6 Å². The van der Waals surface area contributed by atoms with Gasteiger partial charge in [-0.15, -0.1) is 0 Å². The van der Waals surface area contributed by atoms with Crippen molar-refractivity contribution in [1.29, 1.82) is 0 Å². The molecular weight excluding hydrogens is 264 g/mol. The topological polar surface area (TPSA) is 87.5 Å². The highest BCUT2D eigenvalue weighted by atomic mass is 32.2. The van der Waals surface area contributed by atoms with Gasteiger partial charge in [0.2, 0.25) is 10.0 Å². The molecule has 1 aromatic rings. The zero-order valence-corrected chi connectivity index (χ0v) is 11.8. The molecule has 7 heteroatoms. The molecule has 6 nitrogen and oxygen atoms in total. The van der Waals surface area contributed by atoms with Crippen LogP contribution in [0.1, 0.15) is 12.8 Å². The van der Waals surface area contributed by atoms with Crippen LogP contribution in [0.15, 0.2) is 29.2 Å². The lowest BCUT2D eigenvalue weighted by atomic mass is 10.1. The minimum atomic E-state index is -3.44. The molecule has 19 heavy (non-hydrogen) atoms. The molecule has 1 aliphatic heterocycles. The second-order valence-electron chi connectivity index (χ2n) is 4.87. The summed E-state index contributed by atoms with van der Waals surface area (Å²) in [6, 6.07) is 6.40. The van der Waals surface area contributed by atoms with Gasteiger partial charge < -0.3 is 10.3 Å². The number of hydrogen-bond acceptors (Lipinski definition) is 5. The molecule has 0 bridgehead atoms. The monoisotopic (exact) mass is 284 g/mol. The molecule has 0 unspecified atom stereocenters. The summed E-state index contributed by atoms with van der Waals surface area (Å²) in [5, 5.41) is 0. The summed E-state index contributed by atoms with van der Waals surface area (Å²) in [6.07, 6.45) is 1.69. The molecule has 0 spiro atoms. The molecule has 0 atom stereocenters. The number of hydrogen-bond donors (Lipinski definition) is 3. The second kappa shape index (κ2) is 5.87. The fraction of sp³-hybridized carbons (Fsp3) is 0.500. The highest BCUT2D eigenvalue weighted by Crippen LogP contribution is 2.16. The molecule has 1 saturated heterocycles. The Morgan fingerprint density at radius 3 is 2.32 bits per heavy atom. The van der Waals surface area contributed by atoms with Crippen molar-refractivity contribution in [3.05, 3.63) is 24.3 Å². The second-order valence-corrected chi connectivity index (χ2v) is 6.58. The maximum absolute atomic E-state index is 12.2. The molecule has 0 radical (unpaired) electrons. The Kier molecular flexibility index (Phi) is 4.41. The van der Waals surface area contributed by atoms with Crippen LogP contribution in [0.2, 0.25) is 0 Å². The van der Waals surface area contributed by atoms with Gasteiger partial charge in [0.1, 0.15) is 0 Å². The third-order valence-corrected chi connectivity index (χ3v) is 4.91. The van der Waals surface area contributed by atoms with Gasteiger partial charge in [-0.1, -0.05) is 0 Å². The number of piperidine rings is 1. The van der Waals surface area contributed by atoms with E-state index >= 15 is 0 Å². The van der Waals surface area contributed by atoms with Crippen molar-refractivity contribution in [1.82, 2.24) is 9.62 Å². The van der Waals surface area contributed by atoms with E-state index in [1.807, 2.05) is 7.05 Å². The average molecular weight is 284 g/mol. The Morgan fingerprint density at radius 1 is 1.21 bits per heavy atom. The SMILES string of the molecule is CN1CCC(NS(=O)(=O)c2ccc(NN)cc2)CC1. The van der Waals surface area contributed by atoms with Gasteiger partial charge in [-0.25, -0.2) is 13.1 Å². The molecule has 1 aliphatic rings. The minimum Gasteiger partial charge on any atom is -0.324 e. The quantitative estimate of drug-likeness (QED) is 0.548. The van der Waals surface area contributed by atoms with Crippen LogP contribution in [0.3, 0.4) is 0 Å². The van der Waals surface area contributed by atoms with Gasteiger partial charge >= 0.3 is 0 Å². The van der Waals surface area contributed by atoms with Crippen LogP contribution < -0.4 is 16.0 Å². The zero-order valence-electron chi connectivity index (χ0n) is 11.0. The lowest BCUT2D eigenvalue weighted by Crippen LogP contribution is -2.43. The van der Waals surface area contributed by atoms with Gasteiger partial charge in [0, 0.05) is 11.7 Å². The van der Waals surface area contributed by atoms with Crippen molar-refractivity contribution in [3.8, 4) is 0 Å². The lowest BCUT2D eigenvalue weighted by molar-refractivity contribution is 0.248. The fourth-order valence-corrected chi connectivity index (χ4v) is 3.45. The van der Waals surface area contributed by atoms with E-state index in [-0.39, 0.29) is 10.9 Å².